The summed E-state index contributed by atoms with van der Waals surface area (Å²) in [6.45, 7) is 2.87. The number of methoxy groups -OCH3 is 2. The highest BCUT2D eigenvalue weighted by molar-refractivity contribution is 14.0. The first kappa shape index (κ1) is 25.6. The van der Waals surface area contributed by atoms with Gasteiger partial charge in [0.1, 0.15) is 11.5 Å². The van der Waals surface area contributed by atoms with Gasteiger partial charge in [-0.05, 0) is 18.6 Å². The summed E-state index contributed by atoms with van der Waals surface area (Å²) in [6, 6.07) is 15.4. The molecule has 9 heteroatoms. The lowest BCUT2D eigenvalue weighted by molar-refractivity contribution is 0.0954. The molecular weight excluding hydrogens is 521 g/mol. The van der Waals surface area contributed by atoms with E-state index in [9.17, 15) is 4.79 Å². The van der Waals surface area contributed by atoms with Crippen LogP contribution in [0.25, 0.3) is 0 Å². The molecule has 2 aromatic carbocycles. The molecule has 1 atom stereocenters. The number of anilines is 1. The maximum absolute atomic E-state index is 12.1. The van der Waals surface area contributed by atoms with Gasteiger partial charge in [-0.2, -0.15) is 0 Å². The number of rotatable bonds is 8. The fourth-order valence-electron chi connectivity index (χ4n) is 3.52. The highest BCUT2D eigenvalue weighted by atomic mass is 127. The Bertz CT molecular complexity index is 872. The summed E-state index contributed by atoms with van der Waals surface area (Å²) < 4.78 is 10.8. The zero-order valence-electron chi connectivity index (χ0n) is 18.8. The number of hydrogen-bond donors (Lipinski definition) is 3. The van der Waals surface area contributed by atoms with Crippen LogP contribution >= 0.6 is 24.0 Å². The topological polar surface area (TPSA) is 87.2 Å². The number of guanidine groups is 1. The van der Waals surface area contributed by atoms with Crippen molar-refractivity contribution in [1.29, 1.82) is 0 Å². The van der Waals surface area contributed by atoms with E-state index in [0.717, 1.165) is 42.7 Å². The SMILES string of the molecule is CN=C(NCCNC(=O)c1ccccc1)NC1CCN(c2cc(OC)cc(OC)c2)C1.I. The van der Waals surface area contributed by atoms with E-state index in [2.05, 4.69) is 25.8 Å². The first-order chi connectivity index (χ1) is 15.1. The second kappa shape index (κ2) is 13.0. The Morgan fingerprint density at radius 2 is 1.72 bits per heavy atom. The van der Waals surface area contributed by atoms with Gasteiger partial charge in [0.15, 0.2) is 5.96 Å². The minimum Gasteiger partial charge on any atom is -0.497 e. The van der Waals surface area contributed by atoms with Crippen molar-refractivity contribution in [3.8, 4) is 11.5 Å². The van der Waals surface area contributed by atoms with E-state index in [4.69, 9.17) is 9.47 Å². The lowest BCUT2D eigenvalue weighted by atomic mass is 10.2. The molecule has 1 fully saturated rings. The van der Waals surface area contributed by atoms with E-state index in [1.54, 1.807) is 33.4 Å². The minimum atomic E-state index is -0.0782. The molecule has 1 unspecified atom stereocenters. The molecule has 0 aliphatic carbocycles. The molecule has 0 aromatic heterocycles. The zero-order chi connectivity index (χ0) is 22.1. The highest BCUT2D eigenvalue weighted by Crippen LogP contribution is 2.30. The van der Waals surface area contributed by atoms with Crippen LogP contribution in [0.3, 0.4) is 0 Å². The van der Waals surface area contributed by atoms with Gasteiger partial charge in [0.05, 0.1) is 14.2 Å². The van der Waals surface area contributed by atoms with Crippen LogP contribution in [0.2, 0.25) is 0 Å². The first-order valence-corrected chi connectivity index (χ1v) is 10.4. The Labute approximate surface area is 206 Å². The van der Waals surface area contributed by atoms with Crippen LogP contribution in [0.5, 0.6) is 11.5 Å². The number of amides is 1. The molecule has 174 valence electrons. The number of nitrogens with one attached hydrogen (secondary N) is 3. The second-order valence-corrected chi connectivity index (χ2v) is 7.27. The average molecular weight is 553 g/mol. The van der Waals surface area contributed by atoms with E-state index in [1.165, 1.54) is 0 Å². The standard InChI is InChI=1S/C23H31N5O3.HI/c1-24-23(26-11-10-25-22(29)17-7-5-4-6-8-17)27-18-9-12-28(16-18)19-13-20(30-2)15-21(14-19)31-3;/h4-8,13-15,18H,9-12,16H2,1-3H3,(H,25,29)(H2,24,26,27);1H. The Kier molecular flexibility index (Phi) is 10.4. The molecule has 3 N–H and O–H groups in total. The predicted octanol–water partition coefficient (Wildman–Crippen LogP) is 2.50. The maximum atomic E-state index is 12.1. The molecule has 1 saturated heterocycles. The van der Waals surface area contributed by atoms with E-state index >= 15 is 0 Å². The number of halogens is 1. The number of ether oxygens (including phenoxy) is 2. The molecule has 2 aromatic rings. The number of aliphatic imine (C=N–C) groups is 1. The van der Waals surface area contributed by atoms with Gasteiger partial charge in [0.2, 0.25) is 0 Å². The van der Waals surface area contributed by atoms with Crippen molar-refractivity contribution >= 4 is 41.5 Å². The molecule has 1 aliphatic rings. The third kappa shape index (κ3) is 7.18. The van der Waals surface area contributed by atoms with Crippen molar-refractivity contribution in [1.82, 2.24) is 16.0 Å². The second-order valence-electron chi connectivity index (χ2n) is 7.27. The lowest BCUT2D eigenvalue weighted by Gasteiger charge is -2.21. The molecule has 1 amide bonds. The quantitative estimate of drug-likeness (QED) is 0.202. The number of carbonyl (C=O) groups excluding carboxylic acids is 1. The minimum absolute atomic E-state index is 0. The normalized spacial score (nSPS) is 15.5. The highest BCUT2D eigenvalue weighted by Gasteiger charge is 2.24. The van der Waals surface area contributed by atoms with E-state index in [0.29, 0.717) is 18.7 Å². The van der Waals surface area contributed by atoms with Gasteiger partial charge < -0.3 is 30.3 Å². The van der Waals surface area contributed by atoms with Crippen LogP contribution in [-0.2, 0) is 0 Å². The van der Waals surface area contributed by atoms with Crippen molar-refractivity contribution in [3.63, 3.8) is 0 Å². The van der Waals surface area contributed by atoms with Gasteiger partial charge in [0, 0.05) is 68.7 Å². The molecule has 0 saturated carbocycles. The van der Waals surface area contributed by atoms with Crippen molar-refractivity contribution in [2.75, 3.05) is 52.3 Å². The maximum Gasteiger partial charge on any atom is 0.251 e. The third-order valence-electron chi connectivity index (χ3n) is 5.19. The Balaban J connectivity index is 0.00000363. The van der Waals surface area contributed by atoms with E-state index in [-0.39, 0.29) is 35.9 Å². The van der Waals surface area contributed by atoms with Gasteiger partial charge in [-0.25, -0.2) is 0 Å². The molecule has 0 bridgehead atoms. The smallest absolute Gasteiger partial charge is 0.251 e. The van der Waals surface area contributed by atoms with Crippen LogP contribution in [0.1, 0.15) is 16.8 Å². The summed E-state index contributed by atoms with van der Waals surface area (Å²) in [6.07, 6.45) is 0.991. The monoisotopic (exact) mass is 553 g/mol. The van der Waals surface area contributed by atoms with Crippen molar-refractivity contribution in [2.24, 2.45) is 4.99 Å². The lowest BCUT2D eigenvalue weighted by Crippen LogP contribution is -2.46. The fraction of sp³-hybridized carbons (Fsp3) is 0.391. The largest absolute Gasteiger partial charge is 0.497 e. The van der Waals surface area contributed by atoms with Crippen LogP contribution in [-0.4, -0.2) is 65.4 Å². The molecule has 32 heavy (non-hydrogen) atoms. The van der Waals surface area contributed by atoms with Gasteiger partial charge in [-0.15, -0.1) is 24.0 Å². The predicted molar refractivity (Wildman–Crippen MR) is 139 cm³/mol. The molecular formula is C23H32IN5O3. The molecule has 8 nitrogen and oxygen atoms in total. The molecule has 0 radical (unpaired) electrons. The van der Waals surface area contributed by atoms with Gasteiger partial charge in [-0.3, -0.25) is 9.79 Å². The van der Waals surface area contributed by atoms with Crippen LogP contribution in [0.15, 0.2) is 53.5 Å². The van der Waals surface area contributed by atoms with Crippen LogP contribution < -0.4 is 30.3 Å². The average Bonchev–Trinajstić information content (AvgIpc) is 3.29. The summed E-state index contributed by atoms with van der Waals surface area (Å²) in [5.41, 5.74) is 1.73. The van der Waals surface area contributed by atoms with E-state index in [1.807, 2.05) is 36.4 Å². The van der Waals surface area contributed by atoms with Crippen molar-refractivity contribution < 1.29 is 14.3 Å². The van der Waals surface area contributed by atoms with Gasteiger partial charge >= 0.3 is 0 Å². The van der Waals surface area contributed by atoms with Crippen LogP contribution in [0, 0.1) is 0 Å². The van der Waals surface area contributed by atoms with Crippen molar-refractivity contribution in [2.45, 2.75) is 12.5 Å². The zero-order valence-corrected chi connectivity index (χ0v) is 21.1. The summed E-state index contributed by atoms with van der Waals surface area (Å²) in [7, 11) is 5.06. The van der Waals surface area contributed by atoms with Crippen LogP contribution in [0.4, 0.5) is 5.69 Å². The molecule has 1 heterocycles. The number of benzene rings is 2. The Hall–Kier alpha value is -2.69. The molecule has 0 spiro atoms. The number of carbonyl (C=O) groups is 1. The third-order valence-corrected chi connectivity index (χ3v) is 5.19. The number of nitrogens with zero attached hydrogens (tertiary/aromatic N) is 2. The van der Waals surface area contributed by atoms with Crippen molar-refractivity contribution in [3.05, 3.63) is 54.1 Å². The van der Waals surface area contributed by atoms with Gasteiger partial charge in [-0.1, -0.05) is 18.2 Å². The summed E-state index contributed by atoms with van der Waals surface area (Å²) >= 11 is 0. The first-order valence-electron chi connectivity index (χ1n) is 10.4. The fourth-order valence-corrected chi connectivity index (χ4v) is 3.52. The summed E-state index contributed by atoms with van der Waals surface area (Å²) in [5, 5.41) is 9.63. The molecule has 3 rings (SSSR count). The van der Waals surface area contributed by atoms with E-state index < -0.39 is 0 Å². The Morgan fingerprint density at radius 3 is 2.34 bits per heavy atom. The molecule has 1 aliphatic heterocycles. The van der Waals surface area contributed by atoms with Gasteiger partial charge in [0.25, 0.3) is 5.91 Å². The summed E-state index contributed by atoms with van der Waals surface area (Å²) in [5.74, 6) is 2.20. The summed E-state index contributed by atoms with van der Waals surface area (Å²) in [4.78, 5) is 18.7. The Morgan fingerprint density at radius 1 is 1.06 bits per heavy atom. The number of hydrogen-bond acceptors (Lipinski definition) is 5.